The first-order valence-electron chi connectivity index (χ1n) is 7.67. The fraction of sp³-hybridized carbons (Fsp3) is 0.375. The summed E-state index contributed by atoms with van der Waals surface area (Å²) in [5, 5.41) is 24.5. The van der Waals surface area contributed by atoms with Crippen molar-refractivity contribution in [3.63, 3.8) is 0 Å². The van der Waals surface area contributed by atoms with E-state index in [0.717, 1.165) is 4.90 Å². The molecule has 0 amide bonds. The third-order valence-corrected chi connectivity index (χ3v) is 5.57. The zero-order valence-electron chi connectivity index (χ0n) is 13.1. The van der Waals surface area contributed by atoms with E-state index in [1.807, 2.05) is 30.3 Å². The lowest BCUT2D eigenvalue weighted by Gasteiger charge is -2.39. The number of benzene rings is 1. The van der Waals surface area contributed by atoms with Crippen LogP contribution < -0.4 is 10.7 Å². The van der Waals surface area contributed by atoms with Crippen LogP contribution in [0.15, 0.2) is 46.3 Å². The molecule has 4 N–H and O–H groups in total. The Morgan fingerprint density at radius 3 is 2.62 bits per heavy atom. The van der Waals surface area contributed by atoms with Crippen molar-refractivity contribution in [2.24, 2.45) is 5.41 Å². The molecule has 2 heterocycles. The molecular formula is C16H19N3O4S. The van der Waals surface area contributed by atoms with Gasteiger partial charge in [0, 0.05) is 11.4 Å². The first kappa shape index (κ1) is 16.8. The molecule has 0 saturated carbocycles. The third-order valence-electron chi connectivity index (χ3n) is 4.52. The van der Waals surface area contributed by atoms with Crippen molar-refractivity contribution in [2.75, 3.05) is 6.54 Å². The smallest absolute Gasteiger partial charge is 0.324 e. The Morgan fingerprint density at radius 2 is 2.04 bits per heavy atom. The predicted octanol–water partition coefficient (Wildman–Crippen LogP) is 1.30. The van der Waals surface area contributed by atoms with E-state index in [0.29, 0.717) is 11.4 Å². The van der Waals surface area contributed by atoms with E-state index in [1.54, 1.807) is 18.0 Å². The summed E-state index contributed by atoms with van der Waals surface area (Å²) in [5.41, 5.74) is 2.04. The van der Waals surface area contributed by atoms with Gasteiger partial charge in [0.25, 0.3) is 0 Å². The molecule has 2 aliphatic rings. The summed E-state index contributed by atoms with van der Waals surface area (Å²) in [4.78, 5) is 24.3. The number of carbonyl (C=O) groups is 2. The molecule has 0 aliphatic carbocycles. The first-order chi connectivity index (χ1) is 11.5. The van der Waals surface area contributed by atoms with Crippen LogP contribution in [0, 0.1) is 5.41 Å². The second-order valence-electron chi connectivity index (χ2n) is 5.82. The van der Waals surface area contributed by atoms with Crippen molar-refractivity contribution < 1.29 is 19.8 Å². The van der Waals surface area contributed by atoms with E-state index in [9.17, 15) is 19.8 Å². The Morgan fingerprint density at radius 1 is 1.33 bits per heavy atom. The van der Waals surface area contributed by atoms with Gasteiger partial charge in [0.2, 0.25) is 0 Å². The second-order valence-corrected chi connectivity index (χ2v) is 6.92. The van der Waals surface area contributed by atoms with Gasteiger partial charge in [-0.25, -0.2) is 5.43 Å². The summed E-state index contributed by atoms with van der Waals surface area (Å²) < 4.78 is 0. The van der Waals surface area contributed by atoms with Crippen LogP contribution in [0.3, 0.4) is 0 Å². The van der Waals surface area contributed by atoms with Gasteiger partial charge in [-0.3, -0.25) is 19.9 Å². The van der Waals surface area contributed by atoms with Crippen LogP contribution in [0.5, 0.6) is 0 Å². The van der Waals surface area contributed by atoms with Crippen molar-refractivity contribution in [2.45, 2.75) is 30.4 Å². The molecule has 0 aromatic heterocycles. The number of nitrogens with zero attached hydrogens (tertiary/aromatic N) is 1. The molecule has 0 radical (unpaired) electrons. The van der Waals surface area contributed by atoms with Crippen LogP contribution in [-0.4, -0.2) is 45.9 Å². The van der Waals surface area contributed by atoms with Crippen molar-refractivity contribution >= 4 is 23.7 Å². The quantitative estimate of drug-likeness (QED) is 0.631. The van der Waals surface area contributed by atoms with E-state index in [2.05, 4.69) is 10.7 Å². The Kier molecular flexibility index (Phi) is 4.53. The number of rotatable bonds is 5. The van der Waals surface area contributed by atoms with E-state index < -0.39 is 29.6 Å². The number of fused-ring (bicyclic) bond motifs is 1. The minimum absolute atomic E-state index is 0.246. The fourth-order valence-corrected chi connectivity index (χ4v) is 4.05. The van der Waals surface area contributed by atoms with Gasteiger partial charge in [-0.15, -0.1) is 0 Å². The number of hydrazine groups is 1. The minimum Gasteiger partial charge on any atom is -0.481 e. The van der Waals surface area contributed by atoms with E-state index in [4.69, 9.17) is 0 Å². The third kappa shape index (κ3) is 2.77. The van der Waals surface area contributed by atoms with Crippen LogP contribution >= 0.6 is 11.8 Å². The van der Waals surface area contributed by atoms with Gasteiger partial charge in [0.05, 0.1) is 5.03 Å². The van der Waals surface area contributed by atoms with E-state index >= 15 is 0 Å². The molecule has 0 spiro atoms. The molecule has 24 heavy (non-hydrogen) atoms. The van der Waals surface area contributed by atoms with Gasteiger partial charge in [0.15, 0.2) is 0 Å². The predicted molar refractivity (Wildman–Crippen MR) is 88.9 cm³/mol. The summed E-state index contributed by atoms with van der Waals surface area (Å²) in [6.45, 7) is 2.05. The summed E-state index contributed by atoms with van der Waals surface area (Å²) in [6.07, 6.45) is 1.37. The number of aliphatic carboxylic acids is 2. The lowest BCUT2D eigenvalue weighted by atomic mass is 9.82. The number of carboxylic acids is 2. The molecule has 1 aromatic carbocycles. The number of hydrogen-bond acceptors (Lipinski definition) is 6. The lowest BCUT2D eigenvalue weighted by molar-refractivity contribution is -0.152. The van der Waals surface area contributed by atoms with Gasteiger partial charge in [-0.05, 0) is 24.6 Å². The Hall–Kier alpha value is -2.03. The molecule has 1 aromatic rings. The number of nitrogens with one attached hydrogen (secondary N) is 2. The highest BCUT2D eigenvalue weighted by molar-refractivity contribution is 8.03. The van der Waals surface area contributed by atoms with Gasteiger partial charge in [-0.1, -0.05) is 36.9 Å². The van der Waals surface area contributed by atoms with Gasteiger partial charge < -0.3 is 10.2 Å². The van der Waals surface area contributed by atoms with Crippen LogP contribution in [0.1, 0.15) is 13.3 Å². The van der Waals surface area contributed by atoms with Crippen LogP contribution in [0.4, 0.5) is 0 Å². The van der Waals surface area contributed by atoms with Gasteiger partial charge in [0.1, 0.15) is 17.6 Å². The van der Waals surface area contributed by atoms with E-state index in [-0.39, 0.29) is 6.54 Å². The maximum atomic E-state index is 11.9. The zero-order chi connectivity index (χ0) is 17.3. The molecular weight excluding hydrogens is 330 g/mol. The first-order valence-corrected chi connectivity index (χ1v) is 8.49. The Bertz CT molecular complexity index is 681. The highest BCUT2D eigenvalue weighted by Gasteiger charge is 2.55. The molecule has 2 aliphatic heterocycles. The average molecular weight is 349 g/mol. The maximum Gasteiger partial charge on any atom is 0.324 e. The van der Waals surface area contributed by atoms with Gasteiger partial charge >= 0.3 is 11.9 Å². The van der Waals surface area contributed by atoms with Crippen LogP contribution in [0.25, 0.3) is 0 Å². The highest BCUT2D eigenvalue weighted by atomic mass is 32.2. The second kappa shape index (κ2) is 6.46. The molecule has 0 bridgehead atoms. The summed E-state index contributed by atoms with van der Waals surface area (Å²) in [6, 6.07) is 8.65. The molecule has 128 valence electrons. The van der Waals surface area contributed by atoms with E-state index in [1.165, 1.54) is 11.8 Å². The average Bonchev–Trinajstić information content (AvgIpc) is 2.96. The standard InChI is InChI=1S/C16H19N3O4S/c1-2-16(15(22)23)9-17-19-12(24-10-6-4-3-5-7-10)8-11(13(20)21)18-14(16)19/h3-8,11,14,17-18H,2,9H2,1H3,(H,20,21)(H,22,23). The molecule has 1 saturated heterocycles. The largest absolute Gasteiger partial charge is 0.481 e. The summed E-state index contributed by atoms with van der Waals surface area (Å²) in [7, 11) is 0. The molecule has 3 rings (SSSR count). The molecule has 7 nitrogen and oxygen atoms in total. The maximum absolute atomic E-state index is 11.9. The number of hydrogen-bond donors (Lipinski definition) is 4. The highest BCUT2D eigenvalue weighted by Crippen LogP contribution is 2.41. The zero-order valence-corrected chi connectivity index (χ0v) is 13.9. The summed E-state index contributed by atoms with van der Waals surface area (Å²) in [5.74, 6) is -1.96. The van der Waals surface area contributed by atoms with Crippen LogP contribution in [0.2, 0.25) is 0 Å². The van der Waals surface area contributed by atoms with Crippen molar-refractivity contribution in [3.8, 4) is 0 Å². The Balaban J connectivity index is 1.96. The van der Waals surface area contributed by atoms with Gasteiger partial charge in [-0.2, -0.15) is 0 Å². The molecule has 3 unspecified atom stereocenters. The van der Waals surface area contributed by atoms with Crippen LogP contribution in [-0.2, 0) is 9.59 Å². The SMILES string of the molecule is CCC1(C(=O)O)CNN2C(Sc3ccccc3)=CC(C(=O)O)NC21. The Labute approximate surface area is 143 Å². The van der Waals surface area contributed by atoms with Crippen molar-refractivity contribution in [3.05, 3.63) is 41.4 Å². The molecule has 3 atom stereocenters. The van der Waals surface area contributed by atoms with Crippen molar-refractivity contribution in [1.29, 1.82) is 0 Å². The van der Waals surface area contributed by atoms with Crippen molar-refractivity contribution in [1.82, 2.24) is 15.8 Å². The lowest BCUT2D eigenvalue weighted by Crippen LogP contribution is -2.60. The molecule has 1 fully saturated rings. The summed E-state index contributed by atoms with van der Waals surface area (Å²) >= 11 is 1.41. The number of carboxylic acid groups (broad SMARTS) is 2. The fourth-order valence-electron chi connectivity index (χ4n) is 3.04. The number of thioether (sulfide) groups is 1. The molecule has 8 heteroatoms. The monoisotopic (exact) mass is 349 g/mol. The minimum atomic E-state index is -1.08. The topological polar surface area (TPSA) is 102 Å². The normalized spacial score (nSPS) is 29.0.